The molecule has 0 radical (unpaired) electrons. The third-order valence-corrected chi connectivity index (χ3v) is 6.29. The summed E-state index contributed by atoms with van der Waals surface area (Å²) in [6, 6.07) is 16.8. The van der Waals surface area contributed by atoms with Crippen molar-refractivity contribution < 1.29 is 5.11 Å². The van der Waals surface area contributed by atoms with Gasteiger partial charge in [0.15, 0.2) is 5.82 Å². The van der Waals surface area contributed by atoms with Gasteiger partial charge in [-0.25, -0.2) is 9.97 Å². The van der Waals surface area contributed by atoms with E-state index in [0.29, 0.717) is 0 Å². The highest BCUT2D eigenvalue weighted by Crippen LogP contribution is 2.34. The number of piperidine rings is 1. The fourth-order valence-corrected chi connectivity index (χ4v) is 4.61. The first-order valence-electron chi connectivity index (χ1n) is 10.8. The molecule has 1 aliphatic heterocycles. The lowest BCUT2D eigenvalue weighted by atomic mass is 9.75. The molecule has 1 saturated heterocycles. The lowest BCUT2D eigenvalue weighted by Crippen LogP contribution is -2.46. The van der Waals surface area contributed by atoms with Gasteiger partial charge in [-0.15, -0.1) is 0 Å². The van der Waals surface area contributed by atoms with Gasteiger partial charge in [0.2, 0.25) is 0 Å². The molecule has 30 heavy (non-hydrogen) atoms. The Balaban J connectivity index is 1.45. The molecule has 1 unspecified atom stereocenters. The van der Waals surface area contributed by atoms with Crippen molar-refractivity contribution >= 4 is 0 Å². The van der Waals surface area contributed by atoms with Crippen molar-refractivity contribution in [3.05, 3.63) is 83.2 Å². The predicted molar refractivity (Wildman–Crippen MR) is 121 cm³/mol. The minimum atomic E-state index is -0.0767. The Labute approximate surface area is 179 Å². The summed E-state index contributed by atoms with van der Waals surface area (Å²) in [5.74, 6) is 0.769. The fraction of sp³-hybridized carbons (Fsp3) is 0.385. The molecule has 4 heteroatoms. The number of aliphatic hydroxyl groups excluding tert-OH is 1. The number of nitrogens with zero attached hydrogens (tertiary/aromatic N) is 3. The van der Waals surface area contributed by atoms with Crippen molar-refractivity contribution in [3.63, 3.8) is 0 Å². The monoisotopic (exact) mass is 401 g/mol. The van der Waals surface area contributed by atoms with Crippen LogP contribution >= 0.6 is 0 Å². The summed E-state index contributed by atoms with van der Waals surface area (Å²) >= 11 is 0. The minimum absolute atomic E-state index is 0.0767. The van der Waals surface area contributed by atoms with Crippen molar-refractivity contribution in [2.75, 3.05) is 19.7 Å². The van der Waals surface area contributed by atoms with Gasteiger partial charge >= 0.3 is 0 Å². The molecule has 4 nitrogen and oxygen atoms in total. The summed E-state index contributed by atoms with van der Waals surface area (Å²) in [4.78, 5) is 11.7. The quantitative estimate of drug-likeness (QED) is 0.657. The van der Waals surface area contributed by atoms with Crippen LogP contribution in [0.1, 0.15) is 35.1 Å². The summed E-state index contributed by atoms with van der Waals surface area (Å²) < 4.78 is 0. The van der Waals surface area contributed by atoms with Gasteiger partial charge < -0.3 is 5.11 Å². The van der Waals surface area contributed by atoms with Crippen LogP contribution in [0.4, 0.5) is 0 Å². The number of likely N-dealkylation sites (tertiary alicyclic amines) is 1. The van der Waals surface area contributed by atoms with E-state index in [9.17, 15) is 5.11 Å². The molecule has 0 amide bonds. The Morgan fingerprint density at radius 3 is 2.57 bits per heavy atom. The van der Waals surface area contributed by atoms with E-state index in [4.69, 9.17) is 0 Å². The second-order valence-electron chi connectivity index (χ2n) is 8.86. The molecule has 0 saturated carbocycles. The van der Waals surface area contributed by atoms with Gasteiger partial charge in [0.25, 0.3) is 0 Å². The SMILES string of the molecule is Cc1cccc(-c2ncc(CN3CCCC(CO)(Cc4ccccc4C)C3)cn2)c1. The predicted octanol–water partition coefficient (Wildman–Crippen LogP) is 4.58. The van der Waals surface area contributed by atoms with E-state index in [1.54, 1.807) is 0 Å². The average Bonchev–Trinajstić information content (AvgIpc) is 2.76. The zero-order chi connectivity index (χ0) is 21.0. The second-order valence-corrected chi connectivity index (χ2v) is 8.86. The third-order valence-electron chi connectivity index (χ3n) is 6.29. The first-order chi connectivity index (χ1) is 14.6. The van der Waals surface area contributed by atoms with E-state index in [1.807, 2.05) is 24.5 Å². The van der Waals surface area contributed by atoms with Gasteiger partial charge in [0.1, 0.15) is 0 Å². The maximum atomic E-state index is 10.3. The molecule has 1 aliphatic rings. The van der Waals surface area contributed by atoms with E-state index in [0.717, 1.165) is 55.8 Å². The molecule has 0 bridgehead atoms. The van der Waals surface area contributed by atoms with Crippen LogP contribution in [-0.2, 0) is 13.0 Å². The van der Waals surface area contributed by atoms with Gasteiger partial charge in [-0.1, -0.05) is 48.0 Å². The van der Waals surface area contributed by atoms with Crippen LogP contribution in [0, 0.1) is 19.3 Å². The summed E-state index contributed by atoms with van der Waals surface area (Å²) in [5.41, 5.74) is 5.96. The molecule has 1 aromatic heterocycles. The molecule has 4 rings (SSSR count). The summed E-state index contributed by atoms with van der Waals surface area (Å²) in [6.45, 7) is 7.24. The normalized spacial score (nSPS) is 19.7. The van der Waals surface area contributed by atoms with Crippen molar-refractivity contribution in [1.29, 1.82) is 0 Å². The Kier molecular flexibility index (Phi) is 6.26. The molecule has 1 fully saturated rings. The van der Waals surface area contributed by atoms with Gasteiger partial charge in [-0.2, -0.15) is 0 Å². The van der Waals surface area contributed by atoms with Crippen molar-refractivity contribution in [1.82, 2.24) is 14.9 Å². The van der Waals surface area contributed by atoms with Crippen molar-refractivity contribution in [2.24, 2.45) is 5.41 Å². The van der Waals surface area contributed by atoms with Crippen LogP contribution in [0.25, 0.3) is 11.4 Å². The van der Waals surface area contributed by atoms with Crippen LogP contribution in [0.2, 0.25) is 0 Å². The molecule has 2 aromatic carbocycles. The average molecular weight is 402 g/mol. The highest BCUT2D eigenvalue weighted by Gasteiger charge is 2.35. The van der Waals surface area contributed by atoms with Gasteiger partial charge in [0, 0.05) is 42.0 Å². The molecule has 156 valence electrons. The van der Waals surface area contributed by atoms with Crippen LogP contribution in [0.15, 0.2) is 60.9 Å². The fourth-order valence-electron chi connectivity index (χ4n) is 4.61. The van der Waals surface area contributed by atoms with E-state index >= 15 is 0 Å². The number of benzene rings is 2. The smallest absolute Gasteiger partial charge is 0.159 e. The number of aliphatic hydroxyl groups is 1. The Morgan fingerprint density at radius 2 is 1.83 bits per heavy atom. The molecule has 1 N–H and O–H groups in total. The van der Waals surface area contributed by atoms with Gasteiger partial charge in [0.05, 0.1) is 6.61 Å². The van der Waals surface area contributed by atoms with E-state index in [1.165, 1.54) is 16.7 Å². The maximum Gasteiger partial charge on any atom is 0.159 e. The van der Waals surface area contributed by atoms with Crippen LogP contribution in [0.5, 0.6) is 0 Å². The first kappa shape index (κ1) is 20.7. The maximum absolute atomic E-state index is 10.3. The number of hydrogen-bond donors (Lipinski definition) is 1. The highest BCUT2D eigenvalue weighted by atomic mass is 16.3. The molecular weight excluding hydrogens is 370 g/mol. The van der Waals surface area contributed by atoms with E-state index in [-0.39, 0.29) is 12.0 Å². The lowest BCUT2D eigenvalue weighted by molar-refractivity contribution is 0.0287. The third kappa shape index (κ3) is 4.77. The molecule has 0 spiro atoms. The molecule has 2 heterocycles. The molecule has 0 aliphatic carbocycles. The van der Waals surface area contributed by atoms with Crippen LogP contribution in [-0.4, -0.2) is 39.7 Å². The first-order valence-corrected chi connectivity index (χ1v) is 10.8. The van der Waals surface area contributed by atoms with Crippen molar-refractivity contribution in [2.45, 2.75) is 39.7 Å². The zero-order valence-electron chi connectivity index (χ0n) is 18.0. The Morgan fingerprint density at radius 1 is 1.03 bits per heavy atom. The minimum Gasteiger partial charge on any atom is -0.396 e. The second kappa shape index (κ2) is 9.07. The zero-order valence-corrected chi connectivity index (χ0v) is 18.0. The number of rotatable bonds is 6. The standard InChI is InChI=1S/C26H31N3O/c1-20-7-5-10-23(13-20)25-27-15-22(16-28-25)17-29-12-6-11-26(18-29,19-30)14-24-9-4-3-8-21(24)2/h3-5,7-10,13,15-16,30H,6,11-12,14,17-19H2,1-2H3. The van der Waals surface area contributed by atoms with Gasteiger partial charge in [-0.3, -0.25) is 4.90 Å². The Bertz CT molecular complexity index is 986. The van der Waals surface area contributed by atoms with E-state index < -0.39 is 0 Å². The van der Waals surface area contributed by atoms with Crippen molar-refractivity contribution in [3.8, 4) is 11.4 Å². The van der Waals surface area contributed by atoms with Crippen LogP contribution in [0.3, 0.4) is 0 Å². The topological polar surface area (TPSA) is 49.2 Å². The van der Waals surface area contributed by atoms with Gasteiger partial charge in [-0.05, 0) is 56.8 Å². The summed E-state index contributed by atoms with van der Waals surface area (Å²) in [7, 11) is 0. The van der Waals surface area contributed by atoms with E-state index in [2.05, 4.69) is 65.1 Å². The van der Waals surface area contributed by atoms with Crippen LogP contribution < -0.4 is 0 Å². The Hall–Kier alpha value is -2.56. The molecule has 1 atom stereocenters. The summed E-state index contributed by atoms with van der Waals surface area (Å²) in [6.07, 6.45) is 6.99. The number of hydrogen-bond acceptors (Lipinski definition) is 4. The number of aromatic nitrogens is 2. The lowest BCUT2D eigenvalue weighted by Gasteiger charge is -2.42. The summed E-state index contributed by atoms with van der Waals surface area (Å²) in [5, 5.41) is 10.3. The number of aryl methyl sites for hydroxylation is 2. The highest BCUT2D eigenvalue weighted by molar-refractivity contribution is 5.55. The molecular formula is C26H31N3O. The molecule has 3 aromatic rings. The largest absolute Gasteiger partial charge is 0.396 e.